The van der Waals surface area contributed by atoms with Gasteiger partial charge < -0.3 is 20.4 Å². The van der Waals surface area contributed by atoms with E-state index in [1.54, 1.807) is 0 Å². The van der Waals surface area contributed by atoms with Gasteiger partial charge in [0.05, 0.1) is 17.9 Å². The first-order chi connectivity index (χ1) is 12.5. The van der Waals surface area contributed by atoms with Crippen molar-refractivity contribution >= 4 is 30.7 Å². The van der Waals surface area contributed by atoms with Crippen LogP contribution in [0.1, 0.15) is 37.1 Å². The Morgan fingerprint density at radius 3 is 2.57 bits per heavy atom. The van der Waals surface area contributed by atoms with E-state index in [1.165, 1.54) is 0 Å². The SMILES string of the molecule is Cc1ncn(CCNC(=O)[C@@H]2CC[C@H](N)CN(C3CCOCC3)C2)c1C.Cl.Cl. The van der Waals surface area contributed by atoms with E-state index in [1.807, 2.05) is 13.3 Å². The number of hydrogen-bond donors (Lipinski definition) is 2. The summed E-state index contributed by atoms with van der Waals surface area (Å²) in [6.07, 6.45) is 5.71. The number of amides is 1. The number of aryl methyl sites for hydroxylation is 1. The Morgan fingerprint density at radius 1 is 1.21 bits per heavy atom. The highest BCUT2D eigenvalue weighted by molar-refractivity contribution is 5.85. The van der Waals surface area contributed by atoms with Crippen molar-refractivity contribution in [3.8, 4) is 0 Å². The molecule has 0 bridgehead atoms. The highest BCUT2D eigenvalue weighted by Crippen LogP contribution is 2.22. The topological polar surface area (TPSA) is 85.4 Å². The number of halogens is 2. The average molecular weight is 436 g/mol. The van der Waals surface area contributed by atoms with E-state index in [0.29, 0.717) is 12.6 Å². The summed E-state index contributed by atoms with van der Waals surface area (Å²) in [5, 5.41) is 3.12. The van der Waals surface area contributed by atoms with E-state index >= 15 is 0 Å². The minimum atomic E-state index is 0. The molecule has 0 spiro atoms. The van der Waals surface area contributed by atoms with Gasteiger partial charge in [0.2, 0.25) is 5.91 Å². The Morgan fingerprint density at radius 2 is 1.93 bits per heavy atom. The van der Waals surface area contributed by atoms with Gasteiger partial charge in [-0.15, -0.1) is 24.8 Å². The molecular weight excluding hydrogens is 401 g/mol. The molecule has 2 aliphatic rings. The largest absolute Gasteiger partial charge is 0.381 e. The number of nitrogens with two attached hydrogens (primary N) is 1. The normalized spacial score (nSPS) is 24.0. The van der Waals surface area contributed by atoms with Gasteiger partial charge in [0.15, 0.2) is 0 Å². The third-order valence-electron chi connectivity index (χ3n) is 5.88. The number of carbonyl (C=O) groups is 1. The van der Waals surface area contributed by atoms with Crippen molar-refractivity contribution in [2.24, 2.45) is 11.7 Å². The van der Waals surface area contributed by atoms with E-state index in [9.17, 15) is 4.79 Å². The number of carbonyl (C=O) groups excluding carboxylic acids is 1. The number of nitrogens with one attached hydrogen (secondary N) is 1. The van der Waals surface area contributed by atoms with Gasteiger partial charge in [0.1, 0.15) is 0 Å². The lowest BCUT2D eigenvalue weighted by atomic mass is 10.0. The lowest BCUT2D eigenvalue weighted by Crippen LogP contribution is -2.47. The molecule has 0 saturated carbocycles. The maximum absolute atomic E-state index is 12.7. The van der Waals surface area contributed by atoms with E-state index < -0.39 is 0 Å². The molecule has 1 amide bonds. The van der Waals surface area contributed by atoms with Gasteiger partial charge in [-0.05, 0) is 39.5 Å². The maximum atomic E-state index is 12.7. The number of ether oxygens (including phenoxy) is 1. The second kappa shape index (κ2) is 12.0. The van der Waals surface area contributed by atoms with Crippen LogP contribution in [-0.4, -0.2) is 65.3 Å². The quantitative estimate of drug-likeness (QED) is 0.734. The van der Waals surface area contributed by atoms with Crippen LogP contribution < -0.4 is 11.1 Å². The predicted molar refractivity (Wildman–Crippen MR) is 115 cm³/mol. The maximum Gasteiger partial charge on any atom is 0.224 e. The molecule has 1 aromatic rings. The molecule has 2 atom stereocenters. The van der Waals surface area contributed by atoms with E-state index in [2.05, 4.69) is 26.7 Å². The van der Waals surface area contributed by atoms with Crippen molar-refractivity contribution < 1.29 is 9.53 Å². The Labute approximate surface area is 180 Å². The Balaban J connectivity index is 0.00000196. The fourth-order valence-electron chi connectivity index (χ4n) is 4.03. The van der Waals surface area contributed by atoms with Crippen LogP contribution in [0.5, 0.6) is 0 Å². The molecule has 3 N–H and O–H groups in total. The van der Waals surface area contributed by atoms with Crippen LogP contribution in [0.25, 0.3) is 0 Å². The number of imidazole rings is 1. The number of aromatic nitrogens is 2. The number of likely N-dealkylation sites (tertiary alicyclic amines) is 1. The van der Waals surface area contributed by atoms with E-state index in [4.69, 9.17) is 10.5 Å². The summed E-state index contributed by atoms with van der Waals surface area (Å²) in [4.78, 5) is 19.5. The zero-order valence-electron chi connectivity index (χ0n) is 16.9. The van der Waals surface area contributed by atoms with Crippen LogP contribution in [0.2, 0.25) is 0 Å². The number of nitrogens with zero attached hydrogens (tertiary/aromatic N) is 3. The molecule has 2 aliphatic heterocycles. The van der Waals surface area contributed by atoms with Gasteiger partial charge in [-0.3, -0.25) is 9.69 Å². The first-order valence-electron chi connectivity index (χ1n) is 9.88. The Hall–Kier alpha value is -0.860. The highest BCUT2D eigenvalue weighted by atomic mass is 35.5. The second-order valence-electron chi connectivity index (χ2n) is 7.73. The van der Waals surface area contributed by atoms with Crippen molar-refractivity contribution in [2.45, 2.75) is 58.2 Å². The zero-order chi connectivity index (χ0) is 18.5. The van der Waals surface area contributed by atoms with E-state index in [-0.39, 0.29) is 42.7 Å². The molecule has 28 heavy (non-hydrogen) atoms. The molecule has 0 aliphatic carbocycles. The molecule has 1 aromatic heterocycles. The van der Waals surface area contributed by atoms with Crippen molar-refractivity contribution in [3.05, 3.63) is 17.7 Å². The number of hydrogen-bond acceptors (Lipinski definition) is 5. The van der Waals surface area contributed by atoms with Crippen LogP contribution in [-0.2, 0) is 16.1 Å². The summed E-state index contributed by atoms with van der Waals surface area (Å²) in [5.41, 5.74) is 8.47. The zero-order valence-corrected chi connectivity index (χ0v) is 18.6. The van der Waals surface area contributed by atoms with Crippen molar-refractivity contribution in [1.82, 2.24) is 19.8 Å². The van der Waals surface area contributed by atoms with Gasteiger partial charge in [0, 0.05) is 57.2 Å². The van der Waals surface area contributed by atoms with Gasteiger partial charge in [0.25, 0.3) is 0 Å². The minimum absolute atomic E-state index is 0. The first-order valence-corrected chi connectivity index (χ1v) is 9.88. The van der Waals surface area contributed by atoms with Gasteiger partial charge >= 0.3 is 0 Å². The van der Waals surface area contributed by atoms with Crippen molar-refractivity contribution in [3.63, 3.8) is 0 Å². The molecule has 0 aromatic carbocycles. The lowest BCUT2D eigenvalue weighted by Gasteiger charge is -2.35. The molecule has 2 fully saturated rings. The van der Waals surface area contributed by atoms with Crippen LogP contribution >= 0.6 is 24.8 Å². The van der Waals surface area contributed by atoms with Gasteiger partial charge in [-0.1, -0.05) is 0 Å². The van der Waals surface area contributed by atoms with Gasteiger partial charge in [-0.25, -0.2) is 4.98 Å². The summed E-state index contributed by atoms with van der Waals surface area (Å²) in [7, 11) is 0. The summed E-state index contributed by atoms with van der Waals surface area (Å²) >= 11 is 0. The summed E-state index contributed by atoms with van der Waals surface area (Å²) in [5.74, 6) is 0.183. The molecule has 7 nitrogen and oxygen atoms in total. The van der Waals surface area contributed by atoms with Crippen LogP contribution in [0.15, 0.2) is 6.33 Å². The first kappa shape index (κ1) is 25.2. The lowest BCUT2D eigenvalue weighted by molar-refractivity contribution is -0.126. The molecule has 9 heteroatoms. The molecular formula is C19H35Cl2N5O2. The monoisotopic (exact) mass is 435 g/mol. The van der Waals surface area contributed by atoms with Crippen LogP contribution in [0, 0.1) is 19.8 Å². The predicted octanol–water partition coefficient (Wildman–Crippen LogP) is 1.68. The van der Waals surface area contributed by atoms with Crippen molar-refractivity contribution in [1.29, 1.82) is 0 Å². The fraction of sp³-hybridized carbons (Fsp3) is 0.789. The second-order valence-corrected chi connectivity index (χ2v) is 7.73. The summed E-state index contributed by atoms with van der Waals surface area (Å²) < 4.78 is 7.58. The van der Waals surface area contributed by atoms with Gasteiger partial charge in [-0.2, -0.15) is 0 Å². The minimum Gasteiger partial charge on any atom is -0.381 e. The third-order valence-corrected chi connectivity index (χ3v) is 5.88. The molecule has 162 valence electrons. The standard InChI is InChI=1S/C19H33N5O2.2ClH/c1-14-15(2)23(13-22-14)8-7-21-19(25)16-3-4-17(20)12-24(11-16)18-5-9-26-10-6-18;;/h13,16-18H,3-12,20H2,1-2H3,(H,21,25);2*1H/t16-,17+;;/m1../s1. The molecule has 0 unspecified atom stereocenters. The highest BCUT2D eigenvalue weighted by Gasteiger charge is 2.31. The molecule has 2 saturated heterocycles. The summed E-state index contributed by atoms with van der Waals surface area (Å²) in [6.45, 7) is 8.79. The fourth-order valence-corrected chi connectivity index (χ4v) is 4.03. The Bertz CT molecular complexity index is 607. The molecule has 0 radical (unpaired) electrons. The molecule has 3 rings (SSSR count). The molecule has 3 heterocycles. The summed E-state index contributed by atoms with van der Waals surface area (Å²) in [6, 6.07) is 0.659. The number of rotatable bonds is 5. The van der Waals surface area contributed by atoms with E-state index in [0.717, 1.165) is 69.9 Å². The third kappa shape index (κ3) is 6.59. The van der Waals surface area contributed by atoms with Crippen LogP contribution in [0.4, 0.5) is 0 Å². The van der Waals surface area contributed by atoms with Crippen molar-refractivity contribution in [2.75, 3.05) is 32.8 Å². The van der Waals surface area contributed by atoms with Crippen LogP contribution in [0.3, 0.4) is 0 Å². The Kier molecular flexibility index (Phi) is 10.8. The average Bonchev–Trinajstić information content (AvgIpc) is 2.85. The smallest absolute Gasteiger partial charge is 0.224 e.